The molecule has 0 saturated carbocycles. The molecular weight excluding hydrogens is 272 g/mol. The minimum absolute atomic E-state index is 0.0324. The summed E-state index contributed by atoms with van der Waals surface area (Å²) in [7, 11) is 0. The molecule has 0 aliphatic carbocycles. The molecule has 0 saturated heterocycles. The van der Waals surface area contributed by atoms with E-state index in [2.05, 4.69) is 5.32 Å². The van der Waals surface area contributed by atoms with Crippen molar-refractivity contribution in [3.8, 4) is 11.5 Å². The molecule has 2 amide bonds. The van der Waals surface area contributed by atoms with Gasteiger partial charge in [0.05, 0.1) is 6.54 Å². The molecule has 1 aromatic rings. The molecule has 0 spiro atoms. The number of amides is 2. The van der Waals surface area contributed by atoms with Crippen molar-refractivity contribution in [2.24, 2.45) is 0 Å². The van der Waals surface area contributed by atoms with Gasteiger partial charge in [0.25, 0.3) is 5.91 Å². The summed E-state index contributed by atoms with van der Waals surface area (Å²) < 4.78 is 11.2. The number of nitrogens with zero attached hydrogens (tertiary/aromatic N) is 1. The van der Waals surface area contributed by atoms with Crippen molar-refractivity contribution < 1.29 is 19.1 Å². The van der Waals surface area contributed by atoms with Gasteiger partial charge in [0.1, 0.15) is 6.61 Å². The molecule has 1 heterocycles. The summed E-state index contributed by atoms with van der Waals surface area (Å²) in [5, 5.41) is 2.68. The average molecular weight is 292 g/mol. The number of nitrogens with one attached hydrogen (secondary N) is 1. The molecule has 0 radical (unpaired) electrons. The van der Waals surface area contributed by atoms with E-state index in [0.717, 1.165) is 0 Å². The van der Waals surface area contributed by atoms with Crippen LogP contribution in [0.3, 0.4) is 0 Å². The molecule has 1 atom stereocenters. The van der Waals surface area contributed by atoms with E-state index in [4.69, 9.17) is 9.47 Å². The Morgan fingerprint density at radius 1 is 1.29 bits per heavy atom. The van der Waals surface area contributed by atoms with Crippen LogP contribution in [-0.2, 0) is 9.59 Å². The molecule has 114 valence electrons. The largest absolute Gasteiger partial charge is 0.485 e. The van der Waals surface area contributed by atoms with Gasteiger partial charge in [-0.05, 0) is 26.0 Å². The second-order valence-corrected chi connectivity index (χ2v) is 4.67. The molecule has 6 nitrogen and oxygen atoms in total. The number of carbonyl (C=O) groups is 2. The minimum atomic E-state index is -0.714. The molecule has 1 aliphatic heterocycles. The molecule has 6 heteroatoms. The van der Waals surface area contributed by atoms with Crippen molar-refractivity contribution >= 4 is 11.8 Å². The molecule has 0 bridgehead atoms. The predicted molar refractivity (Wildman–Crippen MR) is 77.3 cm³/mol. The Bertz CT molecular complexity index is 518. The van der Waals surface area contributed by atoms with Gasteiger partial charge in [-0.25, -0.2) is 0 Å². The Morgan fingerprint density at radius 3 is 2.67 bits per heavy atom. The third-order valence-corrected chi connectivity index (χ3v) is 3.19. The summed E-state index contributed by atoms with van der Waals surface area (Å²) >= 11 is 0. The van der Waals surface area contributed by atoms with E-state index in [1.807, 2.05) is 26.0 Å². The van der Waals surface area contributed by atoms with Crippen molar-refractivity contribution in [2.75, 3.05) is 26.2 Å². The fraction of sp³-hybridized carbons (Fsp3) is 0.467. The smallest absolute Gasteiger partial charge is 0.267 e. The first kappa shape index (κ1) is 15.2. The molecule has 1 unspecified atom stereocenters. The maximum atomic E-state index is 12.4. The average Bonchev–Trinajstić information content (AvgIpc) is 2.51. The summed E-state index contributed by atoms with van der Waals surface area (Å²) in [5.41, 5.74) is 0. The summed E-state index contributed by atoms with van der Waals surface area (Å²) in [5.74, 6) is 0.771. The third kappa shape index (κ3) is 3.65. The Hall–Kier alpha value is -2.24. The molecule has 2 rings (SSSR count). The fourth-order valence-corrected chi connectivity index (χ4v) is 2.12. The lowest BCUT2D eigenvalue weighted by Gasteiger charge is -2.29. The zero-order chi connectivity index (χ0) is 15.2. The second-order valence-electron chi connectivity index (χ2n) is 4.67. The lowest BCUT2D eigenvalue weighted by atomic mass is 10.2. The Labute approximate surface area is 124 Å². The van der Waals surface area contributed by atoms with Crippen molar-refractivity contribution in [3.63, 3.8) is 0 Å². The van der Waals surface area contributed by atoms with Gasteiger partial charge in [-0.2, -0.15) is 0 Å². The van der Waals surface area contributed by atoms with E-state index in [9.17, 15) is 9.59 Å². The lowest BCUT2D eigenvalue weighted by Crippen LogP contribution is -2.49. The van der Waals surface area contributed by atoms with E-state index in [-0.39, 0.29) is 25.0 Å². The van der Waals surface area contributed by atoms with E-state index >= 15 is 0 Å². The van der Waals surface area contributed by atoms with Crippen LogP contribution in [0.15, 0.2) is 24.3 Å². The topological polar surface area (TPSA) is 67.9 Å². The maximum absolute atomic E-state index is 12.4. The number of para-hydroxylation sites is 2. The second kappa shape index (κ2) is 6.97. The summed E-state index contributed by atoms with van der Waals surface area (Å²) in [6, 6.07) is 7.22. The monoisotopic (exact) mass is 292 g/mol. The van der Waals surface area contributed by atoms with Gasteiger partial charge in [0.15, 0.2) is 11.5 Å². The molecule has 21 heavy (non-hydrogen) atoms. The summed E-state index contributed by atoms with van der Waals surface area (Å²) in [4.78, 5) is 25.5. The van der Waals surface area contributed by atoms with Crippen LogP contribution in [0.5, 0.6) is 11.5 Å². The first-order chi connectivity index (χ1) is 10.2. The highest BCUT2D eigenvalue weighted by atomic mass is 16.6. The van der Waals surface area contributed by atoms with Crippen molar-refractivity contribution in [1.82, 2.24) is 10.2 Å². The van der Waals surface area contributed by atoms with E-state index in [1.165, 1.54) is 4.90 Å². The van der Waals surface area contributed by atoms with Gasteiger partial charge in [-0.1, -0.05) is 12.1 Å². The molecular formula is C15H20N2O4. The van der Waals surface area contributed by atoms with Crippen molar-refractivity contribution in [3.05, 3.63) is 24.3 Å². The number of hydrogen-bond acceptors (Lipinski definition) is 4. The molecule has 0 aromatic heterocycles. The van der Waals surface area contributed by atoms with Gasteiger partial charge in [0, 0.05) is 13.1 Å². The maximum Gasteiger partial charge on any atom is 0.267 e. The van der Waals surface area contributed by atoms with Gasteiger partial charge in [-0.15, -0.1) is 0 Å². The standard InChI is InChI=1S/C15H20N2O4/c1-3-16-14(18)9-17(4-2)15(19)13-10-20-11-7-5-6-8-12(11)21-13/h5-8,13H,3-4,9-10H2,1-2H3,(H,16,18). The predicted octanol–water partition coefficient (Wildman–Crippen LogP) is 0.811. The van der Waals surface area contributed by atoms with Crippen molar-refractivity contribution in [1.29, 1.82) is 0 Å². The highest BCUT2D eigenvalue weighted by molar-refractivity contribution is 5.87. The van der Waals surface area contributed by atoms with Crippen LogP contribution in [0.4, 0.5) is 0 Å². The zero-order valence-electron chi connectivity index (χ0n) is 12.3. The Balaban J connectivity index is 2.01. The first-order valence-electron chi connectivity index (χ1n) is 7.09. The molecule has 0 fully saturated rings. The number of benzene rings is 1. The third-order valence-electron chi connectivity index (χ3n) is 3.19. The highest BCUT2D eigenvalue weighted by Gasteiger charge is 2.31. The molecule has 1 aromatic carbocycles. The minimum Gasteiger partial charge on any atom is -0.485 e. The van der Waals surface area contributed by atoms with Gasteiger partial charge >= 0.3 is 0 Å². The molecule has 1 aliphatic rings. The van der Waals surface area contributed by atoms with Crippen LogP contribution in [0.25, 0.3) is 0 Å². The number of hydrogen-bond donors (Lipinski definition) is 1. The number of fused-ring (bicyclic) bond motifs is 1. The fourth-order valence-electron chi connectivity index (χ4n) is 2.12. The van der Waals surface area contributed by atoms with Crippen molar-refractivity contribution in [2.45, 2.75) is 20.0 Å². The summed E-state index contributed by atoms with van der Waals surface area (Å²) in [6.45, 7) is 4.84. The highest BCUT2D eigenvalue weighted by Crippen LogP contribution is 2.31. The van der Waals surface area contributed by atoms with Gasteiger partial charge < -0.3 is 19.7 Å². The Kier molecular flexibility index (Phi) is 5.03. The van der Waals surface area contributed by atoms with Crippen LogP contribution in [0.1, 0.15) is 13.8 Å². The number of likely N-dealkylation sites (N-methyl/N-ethyl adjacent to an activating group) is 2. The zero-order valence-corrected chi connectivity index (χ0v) is 12.3. The Morgan fingerprint density at radius 2 is 2.00 bits per heavy atom. The normalized spacial score (nSPS) is 16.2. The van der Waals surface area contributed by atoms with Crippen LogP contribution in [0, 0.1) is 0 Å². The van der Waals surface area contributed by atoms with Crippen LogP contribution < -0.4 is 14.8 Å². The molecule has 1 N–H and O–H groups in total. The first-order valence-corrected chi connectivity index (χ1v) is 7.09. The summed E-state index contributed by atoms with van der Waals surface area (Å²) in [6.07, 6.45) is -0.714. The number of rotatable bonds is 5. The SMILES string of the molecule is CCNC(=O)CN(CC)C(=O)C1COc2ccccc2O1. The van der Waals surface area contributed by atoms with Crippen LogP contribution >= 0.6 is 0 Å². The van der Waals surface area contributed by atoms with Crippen LogP contribution in [-0.4, -0.2) is 49.1 Å². The van der Waals surface area contributed by atoms with Gasteiger partial charge in [0.2, 0.25) is 12.0 Å². The number of carbonyl (C=O) groups excluding carboxylic acids is 2. The van der Waals surface area contributed by atoms with E-state index < -0.39 is 6.10 Å². The van der Waals surface area contributed by atoms with Gasteiger partial charge in [-0.3, -0.25) is 9.59 Å². The number of ether oxygens (including phenoxy) is 2. The van der Waals surface area contributed by atoms with E-state index in [0.29, 0.717) is 24.6 Å². The quantitative estimate of drug-likeness (QED) is 0.872. The van der Waals surface area contributed by atoms with E-state index in [1.54, 1.807) is 12.1 Å². The van der Waals surface area contributed by atoms with Crippen LogP contribution in [0.2, 0.25) is 0 Å². The lowest BCUT2D eigenvalue weighted by molar-refractivity contribution is -0.144.